The van der Waals surface area contributed by atoms with Crippen LogP contribution in [0.2, 0.25) is 10.0 Å². The van der Waals surface area contributed by atoms with Crippen molar-refractivity contribution in [3.8, 4) is 5.75 Å². The predicted octanol–water partition coefficient (Wildman–Crippen LogP) is 4.51. The van der Waals surface area contributed by atoms with E-state index in [1.54, 1.807) is 23.5 Å². The van der Waals surface area contributed by atoms with E-state index in [9.17, 15) is 4.79 Å². The average Bonchev–Trinajstić information content (AvgIpc) is 2.88. The molecule has 0 aliphatic carbocycles. The van der Waals surface area contributed by atoms with Crippen LogP contribution < -0.4 is 10.1 Å². The summed E-state index contributed by atoms with van der Waals surface area (Å²) in [6.45, 7) is 0.390. The third-order valence-electron chi connectivity index (χ3n) is 2.35. The first-order valence-electron chi connectivity index (χ1n) is 5.62. The second-order valence-electron chi connectivity index (χ2n) is 3.84. The number of carbonyl (C=O) groups excluding carboxylic acids is 1. The second-order valence-corrected chi connectivity index (χ2v) is 6.57. The van der Waals surface area contributed by atoms with Crippen LogP contribution in [0.25, 0.3) is 0 Å². The van der Waals surface area contributed by atoms with Gasteiger partial charge in [-0.3, -0.25) is 4.79 Å². The molecule has 0 saturated carbocycles. The number of nitrogens with one attached hydrogen (secondary N) is 1. The van der Waals surface area contributed by atoms with Crippen LogP contribution in [0, 0.1) is 0 Å². The van der Waals surface area contributed by atoms with E-state index in [2.05, 4.69) is 21.2 Å². The number of rotatable bonds is 5. The Morgan fingerprint density at radius 2 is 2.20 bits per heavy atom. The van der Waals surface area contributed by atoms with Crippen molar-refractivity contribution in [2.24, 2.45) is 0 Å². The Labute approximate surface area is 139 Å². The third-order valence-corrected chi connectivity index (χ3v) is 4.31. The Morgan fingerprint density at radius 3 is 2.85 bits per heavy atom. The van der Waals surface area contributed by atoms with Gasteiger partial charge in [-0.05, 0) is 39.5 Å². The van der Waals surface area contributed by atoms with Crippen LogP contribution in [0.1, 0.15) is 4.88 Å². The van der Waals surface area contributed by atoms with Crippen LogP contribution in [-0.4, -0.2) is 12.5 Å². The molecule has 0 saturated heterocycles. The standard InChI is InChI=1S/C13H10BrCl2NO2S/c14-10-4-8(15)5-11(16)13(10)19-7-12(18)17-6-9-2-1-3-20-9/h1-5H,6-7H2,(H,17,18). The second kappa shape index (κ2) is 7.31. The molecule has 2 rings (SSSR count). The molecule has 0 aliphatic rings. The molecule has 0 fully saturated rings. The summed E-state index contributed by atoms with van der Waals surface area (Å²) in [7, 11) is 0. The van der Waals surface area contributed by atoms with Gasteiger partial charge in [0.15, 0.2) is 12.4 Å². The number of benzene rings is 1. The number of hydrogen-bond donors (Lipinski definition) is 1. The average molecular weight is 395 g/mol. The highest BCUT2D eigenvalue weighted by Crippen LogP contribution is 2.35. The zero-order chi connectivity index (χ0) is 14.5. The highest BCUT2D eigenvalue weighted by Gasteiger charge is 2.11. The van der Waals surface area contributed by atoms with E-state index in [1.165, 1.54) is 0 Å². The maximum Gasteiger partial charge on any atom is 0.258 e. The molecule has 3 nitrogen and oxygen atoms in total. The molecular weight excluding hydrogens is 385 g/mol. The summed E-state index contributed by atoms with van der Waals surface area (Å²) >= 11 is 16.7. The summed E-state index contributed by atoms with van der Waals surface area (Å²) in [4.78, 5) is 12.8. The summed E-state index contributed by atoms with van der Waals surface area (Å²) in [6.07, 6.45) is 0. The van der Waals surface area contributed by atoms with Gasteiger partial charge >= 0.3 is 0 Å². The van der Waals surface area contributed by atoms with Crippen molar-refractivity contribution in [1.82, 2.24) is 5.32 Å². The van der Waals surface area contributed by atoms with Crippen LogP contribution in [0.3, 0.4) is 0 Å². The molecular formula is C13H10BrCl2NO2S. The lowest BCUT2D eigenvalue weighted by Crippen LogP contribution is -2.28. The topological polar surface area (TPSA) is 38.3 Å². The predicted molar refractivity (Wildman–Crippen MR) is 85.8 cm³/mol. The molecule has 0 atom stereocenters. The fraction of sp³-hybridized carbons (Fsp3) is 0.154. The molecule has 20 heavy (non-hydrogen) atoms. The van der Waals surface area contributed by atoms with Crippen molar-refractivity contribution in [2.75, 3.05) is 6.61 Å². The summed E-state index contributed by atoms with van der Waals surface area (Å²) in [6, 6.07) is 7.12. The van der Waals surface area contributed by atoms with E-state index < -0.39 is 0 Å². The van der Waals surface area contributed by atoms with Gasteiger partial charge in [0.25, 0.3) is 5.91 Å². The lowest BCUT2D eigenvalue weighted by atomic mass is 10.3. The highest BCUT2D eigenvalue weighted by atomic mass is 79.9. The van der Waals surface area contributed by atoms with Crippen molar-refractivity contribution >= 4 is 56.4 Å². The van der Waals surface area contributed by atoms with Gasteiger partial charge in [0.2, 0.25) is 0 Å². The van der Waals surface area contributed by atoms with Crippen molar-refractivity contribution < 1.29 is 9.53 Å². The molecule has 0 radical (unpaired) electrons. The van der Waals surface area contributed by atoms with Gasteiger partial charge in [-0.15, -0.1) is 11.3 Å². The number of ether oxygens (including phenoxy) is 1. The lowest BCUT2D eigenvalue weighted by Gasteiger charge is -2.10. The maximum atomic E-state index is 11.7. The molecule has 2 aromatic rings. The molecule has 7 heteroatoms. The van der Waals surface area contributed by atoms with E-state index in [0.717, 1.165) is 4.88 Å². The van der Waals surface area contributed by atoms with Crippen molar-refractivity contribution in [3.05, 3.63) is 49.0 Å². The van der Waals surface area contributed by atoms with E-state index in [-0.39, 0.29) is 12.5 Å². The normalized spacial score (nSPS) is 10.3. The molecule has 1 aromatic heterocycles. The van der Waals surface area contributed by atoms with Gasteiger partial charge in [-0.2, -0.15) is 0 Å². The van der Waals surface area contributed by atoms with Gasteiger partial charge in [0.1, 0.15) is 0 Å². The molecule has 0 aliphatic heterocycles. The Bertz CT molecular complexity index is 581. The van der Waals surface area contributed by atoms with E-state index in [1.807, 2.05) is 17.5 Å². The van der Waals surface area contributed by atoms with Crippen LogP contribution >= 0.6 is 50.5 Å². The molecule has 106 valence electrons. The highest BCUT2D eigenvalue weighted by molar-refractivity contribution is 9.10. The maximum absolute atomic E-state index is 11.7. The largest absolute Gasteiger partial charge is 0.481 e. The van der Waals surface area contributed by atoms with Gasteiger partial charge in [-0.25, -0.2) is 0 Å². The SMILES string of the molecule is O=C(COc1c(Cl)cc(Cl)cc1Br)NCc1cccs1. The Morgan fingerprint density at radius 1 is 1.40 bits per heavy atom. The monoisotopic (exact) mass is 393 g/mol. The van der Waals surface area contributed by atoms with Crippen molar-refractivity contribution in [1.29, 1.82) is 0 Å². The molecule has 0 spiro atoms. The number of thiophene rings is 1. The zero-order valence-electron chi connectivity index (χ0n) is 10.2. The molecule has 1 heterocycles. The zero-order valence-corrected chi connectivity index (χ0v) is 14.1. The van der Waals surface area contributed by atoms with Crippen molar-refractivity contribution in [3.63, 3.8) is 0 Å². The van der Waals surface area contributed by atoms with E-state index in [4.69, 9.17) is 27.9 Å². The summed E-state index contributed by atoms with van der Waals surface area (Å²) < 4.78 is 6.02. The molecule has 0 unspecified atom stereocenters. The van der Waals surface area contributed by atoms with Gasteiger partial charge in [-0.1, -0.05) is 29.3 Å². The minimum Gasteiger partial charge on any atom is -0.481 e. The number of carbonyl (C=O) groups is 1. The molecule has 1 N–H and O–H groups in total. The van der Waals surface area contributed by atoms with E-state index in [0.29, 0.717) is 26.8 Å². The molecule has 1 aromatic carbocycles. The first kappa shape index (κ1) is 15.6. The Hall–Kier alpha value is -0.750. The molecule has 1 amide bonds. The lowest BCUT2D eigenvalue weighted by molar-refractivity contribution is -0.123. The van der Waals surface area contributed by atoms with E-state index >= 15 is 0 Å². The van der Waals surface area contributed by atoms with Gasteiger partial charge in [0.05, 0.1) is 16.0 Å². The first-order chi connectivity index (χ1) is 9.56. The molecule has 0 bridgehead atoms. The number of hydrogen-bond acceptors (Lipinski definition) is 3. The summed E-state index contributed by atoms with van der Waals surface area (Å²) in [5.74, 6) is 0.193. The first-order valence-corrected chi connectivity index (χ1v) is 8.05. The summed E-state index contributed by atoms with van der Waals surface area (Å²) in [5.41, 5.74) is 0. The van der Waals surface area contributed by atoms with Crippen molar-refractivity contribution in [2.45, 2.75) is 6.54 Å². The minimum atomic E-state index is -0.212. The van der Waals surface area contributed by atoms with Crippen LogP contribution in [0.4, 0.5) is 0 Å². The third kappa shape index (κ3) is 4.38. The van der Waals surface area contributed by atoms with Crippen LogP contribution in [0.5, 0.6) is 5.75 Å². The summed E-state index contributed by atoms with van der Waals surface area (Å²) in [5, 5.41) is 5.58. The minimum absolute atomic E-state index is 0.106. The van der Waals surface area contributed by atoms with Gasteiger partial charge in [0, 0.05) is 9.90 Å². The fourth-order valence-electron chi connectivity index (χ4n) is 1.45. The Kier molecular flexibility index (Phi) is 5.72. The quantitative estimate of drug-likeness (QED) is 0.809. The smallest absolute Gasteiger partial charge is 0.258 e. The fourth-order valence-corrected chi connectivity index (χ4v) is 3.47. The Balaban J connectivity index is 1.87. The number of halogens is 3. The van der Waals surface area contributed by atoms with Crippen LogP contribution in [-0.2, 0) is 11.3 Å². The van der Waals surface area contributed by atoms with Gasteiger partial charge < -0.3 is 10.1 Å². The number of amides is 1. The van der Waals surface area contributed by atoms with Crippen LogP contribution in [0.15, 0.2) is 34.1 Å².